The van der Waals surface area contributed by atoms with Crippen molar-refractivity contribution >= 4 is 17.7 Å². The van der Waals surface area contributed by atoms with Crippen LogP contribution >= 0.6 is 11.8 Å². The maximum Gasteiger partial charge on any atom is 0.220 e. The third-order valence-electron chi connectivity index (χ3n) is 1.11. The molecule has 3 nitrogen and oxygen atoms in total. The van der Waals surface area contributed by atoms with Gasteiger partial charge in [-0.1, -0.05) is 6.92 Å². The van der Waals surface area contributed by atoms with Crippen molar-refractivity contribution < 1.29 is 9.90 Å². The van der Waals surface area contributed by atoms with Crippen LogP contribution in [0.25, 0.3) is 0 Å². The van der Waals surface area contributed by atoms with Crippen molar-refractivity contribution in [2.24, 2.45) is 0 Å². The molecule has 0 heterocycles. The van der Waals surface area contributed by atoms with E-state index in [2.05, 4.69) is 12.2 Å². The normalized spacial score (nSPS) is 9.64. The molecule has 0 saturated carbocycles. The van der Waals surface area contributed by atoms with Gasteiger partial charge in [0.05, 0.1) is 6.61 Å². The fraction of sp³-hybridized carbons (Fsp3) is 0.857. The van der Waals surface area contributed by atoms with Gasteiger partial charge in [-0.15, -0.1) is 0 Å². The molecule has 0 aliphatic heterocycles. The first-order chi connectivity index (χ1) is 5.31. The summed E-state index contributed by atoms with van der Waals surface area (Å²) < 4.78 is 0. The van der Waals surface area contributed by atoms with Crippen LogP contribution in [-0.2, 0) is 4.79 Å². The molecule has 0 radical (unpaired) electrons. The summed E-state index contributed by atoms with van der Waals surface area (Å²) >= 11 is 1.75. The number of carbonyl (C=O) groups excluding carboxylic acids is 1. The van der Waals surface area contributed by atoms with Crippen LogP contribution in [0.3, 0.4) is 0 Å². The number of amides is 1. The molecule has 0 aliphatic rings. The summed E-state index contributed by atoms with van der Waals surface area (Å²) in [5, 5.41) is 11.0. The Morgan fingerprint density at radius 2 is 2.36 bits per heavy atom. The third-order valence-corrected chi connectivity index (χ3v) is 2.01. The van der Waals surface area contributed by atoms with E-state index in [1.165, 1.54) is 0 Å². The standard InChI is InChI=1S/C7H15NO2S/c1-2-11-6-3-7(10)8-4-5-9/h9H,2-6H2,1H3,(H,8,10). The summed E-state index contributed by atoms with van der Waals surface area (Å²) in [6.07, 6.45) is 0.554. The van der Waals surface area contributed by atoms with Crippen LogP contribution < -0.4 is 5.32 Å². The number of thioether (sulfide) groups is 1. The molecule has 66 valence electrons. The quantitative estimate of drug-likeness (QED) is 0.571. The Morgan fingerprint density at radius 3 is 2.91 bits per heavy atom. The van der Waals surface area contributed by atoms with E-state index in [0.29, 0.717) is 13.0 Å². The zero-order chi connectivity index (χ0) is 8.53. The van der Waals surface area contributed by atoms with Crippen molar-refractivity contribution in [3.63, 3.8) is 0 Å². The maximum absolute atomic E-state index is 10.8. The van der Waals surface area contributed by atoms with Gasteiger partial charge in [-0.3, -0.25) is 4.79 Å². The van der Waals surface area contributed by atoms with Crippen molar-refractivity contribution in [1.29, 1.82) is 0 Å². The Hall–Kier alpha value is -0.220. The Kier molecular flexibility index (Phi) is 7.72. The average molecular weight is 177 g/mol. The number of rotatable bonds is 6. The molecule has 11 heavy (non-hydrogen) atoms. The van der Waals surface area contributed by atoms with Gasteiger partial charge >= 0.3 is 0 Å². The lowest BCUT2D eigenvalue weighted by Crippen LogP contribution is -2.26. The van der Waals surface area contributed by atoms with E-state index in [1.54, 1.807) is 11.8 Å². The van der Waals surface area contributed by atoms with E-state index < -0.39 is 0 Å². The summed E-state index contributed by atoms with van der Waals surface area (Å²) in [4.78, 5) is 10.8. The van der Waals surface area contributed by atoms with E-state index in [9.17, 15) is 4.79 Å². The van der Waals surface area contributed by atoms with Crippen molar-refractivity contribution in [2.75, 3.05) is 24.7 Å². The van der Waals surface area contributed by atoms with Crippen LogP contribution in [0.2, 0.25) is 0 Å². The minimum absolute atomic E-state index is 0.0205. The van der Waals surface area contributed by atoms with Gasteiger partial charge in [-0.05, 0) is 5.75 Å². The first kappa shape index (κ1) is 10.8. The average Bonchev–Trinajstić information content (AvgIpc) is 2.01. The fourth-order valence-electron chi connectivity index (χ4n) is 0.593. The Labute approximate surface area is 71.6 Å². The van der Waals surface area contributed by atoms with E-state index in [4.69, 9.17) is 5.11 Å². The van der Waals surface area contributed by atoms with Crippen LogP contribution in [0.15, 0.2) is 0 Å². The minimum atomic E-state index is 0.0205. The molecule has 0 fully saturated rings. The number of carbonyl (C=O) groups is 1. The molecule has 0 aromatic rings. The maximum atomic E-state index is 10.8. The van der Waals surface area contributed by atoms with Gasteiger partial charge in [-0.25, -0.2) is 0 Å². The monoisotopic (exact) mass is 177 g/mol. The Bertz CT molecular complexity index is 109. The molecule has 0 aromatic heterocycles. The predicted molar refractivity (Wildman–Crippen MR) is 47.7 cm³/mol. The number of hydrogen-bond acceptors (Lipinski definition) is 3. The van der Waals surface area contributed by atoms with Gasteiger partial charge in [0.1, 0.15) is 0 Å². The highest BCUT2D eigenvalue weighted by molar-refractivity contribution is 7.99. The molecule has 0 atom stereocenters. The Morgan fingerprint density at radius 1 is 1.64 bits per heavy atom. The SMILES string of the molecule is CCSCCC(=O)NCCO. The molecule has 0 aliphatic carbocycles. The van der Waals surface area contributed by atoms with E-state index in [1.807, 2.05) is 0 Å². The van der Waals surface area contributed by atoms with Crippen LogP contribution in [0, 0.1) is 0 Å². The molecule has 0 aromatic carbocycles. The lowest BCUT2D eigenvalue weighted by atomic mass is 10.4. The minimum Gasteiger partial charge on any atom is -0.395 e. The highest BCUT2D eigenvalue weighted by Crippen LogP contribution is 1.99. The van der Waals surface area contributed by atoms with Crippen molar-refractivity contribution in [3.8, 4) is 0 Å². The van der Waals surface area contributed by atoms with E-state index in [-0.39, 0.29) is 12.5 Å². The highest BCUT2D eigenvalue weighted by atomic mass is 32.2. The van der Waals surface area contributed by atoms with Crippen LogP contribution in [0.4, 0.5) is 0 Å². The summed E-state index contributed by atoms with van der Waals surface area (Å²) in [5.41, 5.74) is 0. The zero-order valence-electron chi connectivity index (χ0n) is 6.80. The number of hydrogen-bond donors (Lipinski definition) is 2. The van der Waals surface area contributed by atoms with Crippen molar-refractivity contribution in [3.05, 3.63) is 0 Å². The van der Waals surface area contributed by atoms with E-state index >= 15 is 0 Å². The topological polar surface area (TPSA) is 49.3 Å². The van der Waals surface area contributed by atoms with Gasteiger partial charge < -0.3 is 10.4 Å². The molecular formula is C7H15NO2S. The van der Waals surface area contributed by atoms with E-state index in [0.717, 1.165) is 11.5 Å². The number of aliphatic hydroxyl groups excluding tert-OH is 1. The molecule has 0 bridgehead atoms. The smallest absolute Gasteiger partial charge is 0.220 e. The molecule has 0 unspecified atom stereocenters. The summed E-state index contributed by atoms with van der Waals surface area (Å²) in [6.45, 7) is 2.46. The fourth-order valence-corrected chi connectivity index (χ4v) is 1.21. The molecule has 2 N–H and O–H groups in total. The largest absolute Gasteiger partial charge is 0.395 e. The lowest BCUT2D eigenvalue weighted by Gasteiger charge is -2.01. The van der Waals surface area contributed by atoms with Crippen molar-refractivity contribution in [2.45, 2.75) is 13.3 Å². The zero-order valence-corrected chi connectivity index (χ0v) is 7.62. The highest BCUT2D eigenvalue weighted by Gasteiger charge is 1.97. The molecule has 4 heteroatoms. The van der Waals surface area contributed by atoms with Gasteiger partial charge in [0.2, 0.25) is 5.91 Å². The second-order valence-corrected chi connectivity index (χ2v) is 3.41. The second kappa shape index (κ2) is 7.88. The van der Waals surface area contributed by atoms with Crippen LogP contribution in [0.5, 0.6) is 0 Å². The summed E-state index contributed by atoms with van der Waals surface area (Å²) in [5.74, 6) is 1.95. The number of nitrogens with one attached hydrogen (secondary N) is 1. The number of aliphatic hydroxyl groups is 1. The van der Waals surface area contributed by atoms with Crippen LogP contribution in [-0.4, -0.2) is 35.7 Å². The van der Waals surface area contributed by atoms with Gasteiger partial charge in [-0.2, -0.15) is 11.8 Å². The van der Waals surface area contributed by atoms with Crippen molar-refractivity contribution in [1.82, 2.24) is 5.32 Å². The molecule has 0 rings (SSSR count). The molecule has 1 amide bonds. The van der Waals surface area contributed by atoms with Gasteiger partial charge in [0.25, 0.3) is 0 Å². The van der Waals surface area contributed by atoms with Gasteiger partial charge in [0.15, 0.2) is 0 Å². The third kappa shape index (κ3) is 7.68. The summed E-state index contributed by atoms with van der Waals surface area (Å²) in [6, 6.07) is 0. The first-order valence-corrected chi connectivity index (χ1v) is 4.92. The van der Waals surface area contributed by atoms with Gasteiger partial charge in [0, 0.05) is 18.7 Å². The lowest BCUT2D eigenvalue weighted by molar-refractivity contribution is -0.120. The van der Waals surface area contributed by atoms with Crippen LogP contribution in [0.1, 0.15) is 13.3 Å². The predicted octanol–water partition coefficient (Wildman–Crippen LogP) is 0.238. The Balaban J connectivity index is 3.09. The first-order valence-electron chi connectivity index (χ1n) is 3.76. The molecule has 0 saturated heterocycles. The molecule has 0 spiro atoms. The summed E-state index contributed by atoms with van der Waals surface area (Å²) in [7, 11) is 0. The molecular weight excluding hydrogens is 162 g/mol. The second-order valence-electron chi connectivity index (χ2n) is 2.02.